The van der Waals surface area contributed by atoms with Crippen LogP contribution in [0.4, 0.5) is 5.69 Å². The van der Waals surface area contributed by atoms with Gasteiger partial charge in [-0.25, -0.2) is 0 Å². The standard InChI is InChI=1S/C21H22IN3O/c1-14-6-7-18(17(22)12-14)24-21(26)13-25-19-5-3-2-4-15(19)16-8-10-23-11-9-20(16)25/h2-7,12,23H,8-11,13H2,1H3,(H,24,26). The molecule has 0 saturated heterocycles. The van der Waals surface area contributed by atoms with Crippen molar-refractivity contribution < 1.29 is 4.79 Å². The van der Waals surface area contributed by atoms with Gasteiger partial charge in [-0.1, -0.05) is 24.3 Å². The molecule has 0 fully saturated rings. The van der Waals surface area contributed by atoms with E-state index >= 15 is 0 Å². The van der Waals surface area contributed by atoms with Crippen LogP contribution in [0.25, 0.3) is 10.9 Å². The van der Waals surface area contributed by atoms with Crippen LogP contribution in [0.1, 0.15) is 16.8 Å². The molecule has 0 saturated carbocycles. The average Bonchev–Trinajstić information content (AvgIpc) is 2.78. The van der Waals surface area contributed by atoms with Crippen LogP contribution < -0.4 is 10.6 Å². The van der Waals surface area contributed by atoms with Crippen molar-refractivity contribution in [3.8, 4) is 0 Å². The van der Waals surface area contributed by atoms with E-state index in [2.05, 4.69) is 75.0 Å². The van der Waals surface area contributed by atoms with Gasteiger partial charge in [0.05, 0.1) is 5.69 Å². The van der Waals surface area contributed by atoms with Crippen molar-refractivity contribution in [2.24, 2.45) is 0 Å². The van der Waals surface area contributed by atoms with Gasteiger partial charge in [0.25, 0.3) is 0 Å². The Hall–Kier alpha value is -1.86. The number of para-hydroxylation sites is 1. The van der Waals surface area contributed by atoms with E-state index in [-0.39, 0.29) is 5.91 Å². The largest absolute Gasteiger partial charge is 0.335 e. The summed E-state index contributed by atoms with van der Waals surface area (Å²) in [5.41, 5.74) is 5.92. The fourth-order valence-electron chi connectivity index (χ4n) is 3.77. The molecule has 1 amide bonds. The maximum atomic E-state index is 12.8. The Morgan fingerprint density at radius 3 is 2.85 bits per heavy atom. The lowest BCUT2D eigenvalue weighted by Crippen LogP contribution is -2.22. The number of amides is 1. The number of fused-ring (bicyclic) bond motifs is 3. The first-order valence-electron chi connectivity index (χ1n) is 8.99. The van der Waals surface area contributed by atoms with Crippen molar-refractivity contribution >= 4 is 45.1 Å². The molecule has 0 radical (unpaired) electrons. The number of aromatic nitrogens is 1. The number of carbonyl (C=O) groups is 1. The Kier molecular flexibility index (Phi) is 5.00. The van der Waals surface area contributed by atoms with Gasteiger partial charge in [0.2, 0.25) is 5.91 Å². The third-order valence-corrected chi connectivity index (χ3v) is 5.88. The summed E-state index contributed by atoms with van der Waals surface area (Å²) in [6.07, 6.45) is 1.97. The molecule has 2 aromatic carbocycles. The van der Waals surface area contributed by atoms with Crippen LogP contribution >= 0.6 is 22.6 Å². The van der Waals surface area contributed by atoms with Crippen molar-refractivity contribution in [3.63, 3.8) is 0 Å². The smallest absolute Gasteiger partial charge is 0.244 e. The van der Waals surface area contributed by atoms with Crippen LogP contribution in [-0.2, 0) is 24.2 Å². The van der Waals surface area contributed by atoms with Gasteiger partial charge >= 0.3 is 0 Å². The Morgan fingerprint density at radius 2 is 2.00 bits per heavy atom. The van der Waals surface area contributed by atoms with E-state index < -0.39 is 0 Å². The van der Waals surface area contributed by atoms with Crippen molar-refractivity contribution in [2.75, 3.05) is 18.4 Å². The monoisotopic (exact) mass is 459 g/mol. The van der Waals surface area contributed by atoms with E-state index in [0.717, 1.165) is 40.7 Å². The first-order valence-corrected chi connectivity index (χ1v) is 10.1. The highest BCUT2D eigenvalue weighted by Gasteiger charge is 2.20. The molecule has 26 heavy (non-hydrogen) atoms. The lowest BCUT2D eigenvalue weighted by atomic mass is 10.1. The average molecular weight is 459 g/mol. The maximum Gasteiger partial charge on any atom is 0.244 e. The molecule has 1 aromatic heterocycles. The zero-order valence-corrected chi connectivity index (χ0v) is 17.0. The number of nitrogens with zero attached hydrogens (tertiary/aromatic N) is 1. The summed E-state index contributed by atoms with van der Waals surface area (Å²) in [5.74, 6) is 0.0209. The van der Waals surface area contributed by atoms with Gasteiger partial charge in [-0.3, -0.25) is 4.79 Å². The van der Waals surface area contributed by atoms with E-state index in [1.807, 2.05) is 12.1 Å². The van der Waals surface area contributed by atoms with Gasteiger partial charge in [-0.15, -0.1) is 0 Å². The van der Waals surface area contributed by atoms with Crippen molar-refractivity contribution in [1.82, 2.24) is 9.88 Å². The zero-order valence-electron chi connectivity index (χ0n) is 14.8. The molecule has 2 heterocycles. The number of halogens is 1. The van der Waals surface area contributed by atoms with Crippen LogP contribution in [-0.4, -0.2) is 23.6 Å². The molecule has 4 rings (SSSR count). The summed E-state index contributed by atoms with van der Waals surface area (Å²) >= 11 is 2.27. The van der Waals surface area contributed by atoms with E-state index in [1.165, 1.54) is 22.2 Å². The minimum Gasteiger partial charge on any atom is -0.335 e. The Morgan fingerprint density at radius 1 is 1.19 bits per heavy atom. The minimum atomic E-state index is 0.0209. The maximum absolute atomic E-state index is 12.8. The van der Waals surface area contributed by atoms with Crippen molar-refractivity contribution in [1.29, 1.82) is 0 Å². The number of hydrogen-bond donors (Lipinski definition) is 2. The van der Waals surface area contributed by atoms with Gasteiger partial charge in [0.1, 0.15) is 6.54 Å². The zero-order chi connectivity index (χ0) is 18.1. The lowest BCUT2D eigenvalue weighted by Gasteiger charge is -2.12. The van der Waals surface area contributed by atoms with Gasteiger partial charge < -0.3 is 15.2 Å². The van der Waals surface area contributed by atoms with Gasteiger partial charge in [0, 0.05) is 33.1 Å². The number of benzene rings is 2. The molecule has 3 aromatic rings. The number of rotatable bonds is 3. The van der Waals surface area contributed by atoms with Crippen molar-refractivity contribution in [2.45, 2.75) is 26.3 Å². The van der Waals surface area contributed by atoms with Crippen LogP contribution in [0.2, 0.25) is 0 Å². The first kappa shape index (κ1) is 17.5. The number of nitrogens with one attached hydrogen (secondary N) is 2. The van der Waals surface area contributed by atoms with Gasteiger partial charge in [-0.05, 0) is 71.8 Å². The molecule has 1 aliphatic rings. The SMILES string of the molecule is Cc1ccc(NC(=O)Cn2c3c(c4ccccc42)CCNCC3)c(I)c1. The second-order valence-electron chi connectivity index (χ2n) is 6.81. The summed E-state index contributed by atoms with van der Waals surface area (Å²) < 4.78 is 3.27. The molecular weight excluding hydrogens is 437 g/mol. The van der Waals surface area contributed by atoms with Crippen LogP contribution in [0.3, 0.4) is 0 Å². The number of anilines is 1. The topological polar surface area (TPSA) is 46.1 Å². The second-order valence-corrected chi connectivity index (χ2v) is 7.97. The summed E-state index contributed by atoms with van der Waals surface area (Å²) in [5, 5.41) is 7.82. The summed E-state index contributed by atoms with van der Waals surface area (Å²) in [4.78, 5) is 12.8. The Balaban J connectivity index is 1.66. The highest BCUT2D eigenvalue weighted by atomic mass is 127. The normalized spacial score (nSPS) is 14.1. The van der Waals surface area contributed by atoms with Crippen LogP contribution in [0.15, 0.2) is 42.5 Å². The predicted octanol–water partition coefficient (Wildman–Crippen LogP) is 3.88. The van der Waals surface area contributed by atoms with E-state index in [1.54, 1.807) is 0 Å². The summed E-state index contributed by atoms with van der Waals surface area (Å²) in [7, 11) is 0. The highest BCUT2D eigenvalue weighted by Crippen LogP contribution is 2.28. The van der Waals surface area contributed by atoms with Gasteiger partial charge in [-0.2, -0.15) is 0 Å². The summed E-state index contributed by atoms with van der Waals surface area (Å²) in [6, 6.07) is 14.5. The van der Waals surface area contributed by atoms with Crippen LogP contribution in [0, 0.1) is 10.5 Å². The van der Waals surface area contributed by atoms with E-state index in [4.69, 9.17) is 0 Å². The molecule has 0 aliphatic carbocycles. The highest BCUT2D eigenvalue weighted by molar-refractivity contribution is 14.1. The van der Waals surface area contributed by atoms with Gasteiger partial charge in [0.15, 0.2) is 0 Å². The van der Waals surface area contributed by atoms with E-state index in [0.29, 0.717) is 6.54 Å². The Bertz CT molecular complexity index is 977. The minimum absolute atomic E-state index is 0.0209. The van der Waals surface area contributed by atoms with E-state index in [9.17, 15) is 4.79 Å². The number of aryl methyl sites for hydroxylation is 1. The molecule has 1 aliphatic heterocycles. The third-order valence-electron chi connectivity index (χ3n) is 4.98. The fourth-order valence-corrected chi connectivity index (χ4v) is 4.58. The molecular formula is C21H22IN3O. The molecule has 0 unspecified atom stereocenters. The second kappa shape index (κ2) is 7.40. The predicted molar refractivity (Wildman–Crippen MR) is 115 cm³/mol. The van der Waals surface area contributed by atoms with Crippen LogP contribution in [0.5, 0.6) is 0 Å². The summed E-state index contributed by atoms with van der Waals surface area (Å²) in [6.45, 7) is 4.36. The Labute approximate surface area is 167 Å². The van der Waals surface area contributed by atoms with Crippen molar-refractivity contribution in [3.05, 3.63) is 62.9 Å². The lowest BCUT2D eigenvalue weighted by molar-refractivity contribution is -0.116. The molecule has 0 bridgehead atoms. The fraction of sp³-hybridized carbons (Fsp3) is 0.286. The molecule has 2 N–H and O–H groups in total. The first-order chi connectivity index (χ1) is 12.6. The number of carbonyl (C=O) groups excluding carboxylic acids is 1. The molecule has 134 valence electrons. The quantitative estimate of drug-likeness (QED) is 0.585. The molecule has 4 nitrogen and oxygen atoms in total. The molecule has 0 spiro atoms. The molecule has 5 heteroatoms. The number of hydrogen-bond acceptors (Lipinski definition) is 2. The molecule has 0 atom stereocenters. The third kappa shape index (κ3) is 3.38.